The summed E-state index contributed by atoms with van der Waals surface area (Å²) >= 11 is 0. The van der Waals surface area contributed by atoms with Gasteiger partial charge >= 0.3 is 5.97 Å². The molecule has 0 heterocycles. The Labute approximate surface area is 125 Å². The first kappa shape index (κ1) is 19.4. The molecule has 3 nitrogen and oxygen atoms in total. The van der Waals surface area contributed by atoms with Crippen LogP contribution in [0.1, 0.15) is 78.6 Å². The Hall–Kier alpha value is -0.570. The summed E-state index contributed by atoms with van der Waals surface area (Å²) in [6.45, 7) is 7.38. The molecule has 0 spiro atoms. The Morgan fingerprint density at radius 2 is 1.55 bits per heavy atom. The van der Waals surface area contributed by atoms with Gasteiger partial charge in [0.1, 0.15) is 6.04 Å². The van der Waals surface area contributed by atoms with Crippen LogP contribution in [0.5, 0.6) is 0 Å². The zero-order chi connectivity index (χ0) is 15.2. The summed E-state index contributed by atoms with van der Waals surface area (Å²) in [5.41, 5.74) is 0. The van der Waals surface area contributed by atoms with E-state index in [2.05, 4.69) is 26.1 Å². The van der Waals surface area contributed by atoms with Crippen LogP contribution < -0.4 is 5.32 Å². The van der Waals surface area contributed by atoms with E-state index in [4.69, 9.17) is 4.74 Å². The number of nitrogens with one attached hydrogen (secondary N) is 1. The Bertz CT molecular complexity index is 231. The minimum atomic E-state index is -0.144. The minimum absolute atomic E-state index is 0.126. The van der Waals surface area contributed by atoms with Crippen molar-refractivity contribution in [3.05, 3.63) is 0 Å². The van der Waals surface area contributed by atoms with Gasteiger partial charge in [-0.25, -0.2) is 0 Å². The predicted molar refractivity (Wildman–Crippen MR) is 85.9 cm³/mol. The second-order valence-electron chi connectivity index (χ2n) is 5.82. The summed E-state index contributed by atoms with van der Waals surface area (Å²) in [5.74, 6) is 0.204. The van der Waals surface area contributed by atoms with Gasteiger partial charge in [0.2, 0.25) is 0 Å². The fraction of sp³-hybridized carbons (Fsp3) is 0.941. The lowest BCUT2D eigenvalue weighted by atomic mass is 9.99. The van der Waals surface area contributed by atoms with E-state index in [1.165, 1.54) is 52.1 Å². The van der Waals surface area contributed by atoms with Crippen LogP contribution in [0.15, 0.2) is 0 Å². The van der Waals surface area contributed by atoms with Crippen molar-refractivity contribution in [1.29, 1.82) is 0 Å². The molecule has 1 N–H and O–H groups in total. The molecular weight excluding hydrogens is 250 g/mol. The van der Waals surface area contributed by atoms with Gasteiger partial charge in [0, 0.05) is 0 Å². The smallest absolute Gasteiger partial charge is 0.323 e. The number of esters is 1. The van der Waals surface area contributed by atoms with Crippen LogP contribution in [0.4, 0.5) is 0 Å². The van der Waals surface area contributed by atoms with Crippen LogP contribution in [0.2, 0.25) is 0 Å². The zero-order valence-corrected chi connectivity index (χ0v) is 14.0. The molecule has 0 aliphatic rings. The molecule has 0 aliphatic heterocycles. The van der Waals surface area contributed by atoms with Crippen molar-refractivity contribution in [3.8, 4) is 0 Å². The number of carbonyl (C=O) groups is 1. The molecule has 2 atom stereocenters. The summed E-state index contributed by atoms with van der Waals surface area (Å²) in [6, 6.07) is -0.144. The Morgan fingerprint density at radius 3 is 2.05 bits per heavy atom. The topological polar surface area (TPSA) is 38.3 Å². The van der Waals surface area contributed by atoms with Gasteiger partial charge in [-0.2, -0.15) is 0 Å². The molecule has 0 aromatic rings. The van der Waals surface area contributed by atoms with Gasteiger partial charge in [0.15, 0.2) is 0 Å². The maximum Gasteiger partial charge on any atom is 0.323 e. The number of hydrogen-bond acceptors (Lipinski definition) is 3. The predicted octanol–water partition coefficient (Wildman–Crippen LogP) is 4.30. The molecule has 120 valence electrons. The number of rotatable bonds is 13. The number of carbonyl (C=O) groups excluding carboxylic acids is 1. The lowest BCUT2D eigenvalue weighted by Crippen LogP contribution is -2.42. The van der Waals surface area contributed by atoms with E-state index in [1.54, 1.807) is 0 Å². The van der Waals surface area contributed by atoms with Crippen molar-refractivity contribution in [3.63, 3.8) is 0 Å². The van der Waals surface area contributed by atoms with Crippen molar-refractivity contribution in [2.24, 2.45) is 5.92 Å². The quantitative estimate of drug-likeness (QED) is 0.405. The largest absolute Gasteiger partial charge is 0.468 e. The van der Waals surface area contributed by atoms with Crippen molar-refractivity contribution in [1.82, 2.24) is 5.32 Å². The van der Waals surface area contributed by atoms with Crippen LogP contribution in [0, 0.1) is 5.92 Å². The van der Waals surface area contributed by atoms with E-state index in [0.717, 1.165) is 19.4 Å². The highest BCUT2D eigenvalue weighted by atomic mass is 16.5. The summed E-state index contributed by atoms with van der Waals surface area (Å²) in [6.07, 6.45) is 11.5. The molecule has 0 amide bonds. The van der Waals surface area contributed by atoms with E-state index in [-0.39, 0.29) is 12.0 Å². The van der Waals surface area contributed by atoms with E-state index < -0.39 is 0 Å². The SMILES string of the molecule is CCCCCCCCCCNC(C(=O)OC)C(C)CC. The van der Waals surface area contributed by atoms with Crippen LogP contribution in [0.25, 0.3) is 0 Å². The molecule has 0 fully saturated rings. The van der Waals surface area contributed by atoms with Crippen LogP contribution in [-0.4, -0.2) is 25.7 Å². The summed E-state index contributed by atoms with van der Waals surface area (Å²) in [4.78, 5) is 11.7. The summed E-state index contributed by atoms with van der Waals surface area (Å²) < 4.78 is 4.87. The molecule has 0 radical (unpaired) electrons. The zero-order valence-electron chi connectivity index (χ0n) is 14.0. The van der Waals surface area contributed by atoms with Crippen LogP contribution >= 0.6 is 0 Å². The van der Waals surface area contributed by atoms with Gasteiger partial charge in [-0.1, -0.05) is 72.1 Å². The van der Waals surface area contributed by atoms with Crippen molar-refractivity contribution < 1.29 is 9.53 Å². The molecule has 0 saturated carbocycles. The average Bonchev–Trinajstić information content (AvgIpc) is 2.48. The Balaban J connectivity index is 3.61. The lowest BCUT2D eigenvalue weighted by molar-refractivity contribution is -0.144. The number of methoxy groups -OCH3 is 1. The number of hydrogen-bond donors (Lipinski definition) is 1. The first-order valence-corrected chi connectivity index (χ1v) is 8.48. The van der Waals surface area contributed by atoms with Gasteiger partial charge in [0.25, 0.3) is 0 Å². The van der Waals surface area contributed by atoms with E-state index >= 15 is 0 Å². The monoisotopic (exact) mass is 285 g/mol. The maximum atomic E-state index is 11.7. The third-order valence-electron chi connectivity index (χ3n) is 4.06. The van der Waals surface area contributed by atoms with Gasteiger partial charge in [0.05, 0.1) is 7.11 Å². The lowest BCUT2D eigenvalue weighted by Gasteiger charge is -2.21. The third-order valence-corrected chi connectivity index (χ3v) is 4.06. The fourth-order valence-electron chi connectivity index (χ4n) is 2.40. The minimum Gasteiger partial charge on any atom is -0.468 e. The summed E-state index contributed by atoms with van der Waals surface area (Å²) in [5, 5.41) is 3.36. The van der Waals surface area contributed by atoms with Gasteiger partial charge < -0.3 is 10.1 Å². The van der Waals surface area contributed by atoms with Crippen LogP contribution in [0.3, 0.4) is 0 Å². The molecule has 3 heteroatoms. The molecule has 0 aliphatic carbocycles. The molecule has 0 bridgehead atoms. The highest BCUT2D eigenvalue weighted by molar-refractivity contribution is 5.75. The Kier molecular flexibility index (Phi) is 13.0. The molecule has 2 unspecified atom stereocenters. The second-order valence-corrected chi connectivity index (χ2v) is 5.82. The van der Waals surface area contributed by atoms with Crippen molar-refractivity contribution in [2.75, 3.05) is 13.7 Å². The maximum absolute atomic E-state index is 11.7. The van der Waals surface area contributed by atoms with E-state index in [9.17, 15) is 4.79 Å². The molecule has 20 heavy (non-hydrogen) atoms. The summed E-state index contributed by atoms with van der Waals surface area (Å²) in [7, 11) is 1.47. The van der Waals surface area contributed by atoms with Gasteiger partial charge in [-0.05, 0) is 18.9 Å². The molecule has 0 saturated heterocycles. The first-order chi connectivity index (χ1) is 9.67. The second kappa shape index (κ2) is 13.4. The van der Waals surface area contributed by atoms with Gasteiger partial charge in [-0.15, -0.1) is 0 Å². The van der Waals surface area contributed by atoms with E-state index in [1.807, 2.05) is 0 Å². The fourth-order valence-corrected chi connectivity index (χ4v) is 2.40. The van der Waals surface area contributed by atoms with E-state index in [0.29, 0.717) is 5.92 Å². The molecule has 0 aromatic heterocycles. The standard InChI is InChI=1S/C17H35NO2/c1-5-7-8-9-10-11-12-13-14-18-16(15(3)6-2)17(19)20-4/h15-16,18H,5-14H2,1-4H3. The Morgan fingerprint density at radius 1 is 1.00 bits per heavy atom. The first-order valence-electron chi connectivity index (χ1n) is 8.48. The van der Waals surface area contributed by atoms with Crippen molar-refractivity contribution in [2.45, 2.75) is 84.6 Å². The average molecular weight is 285 g/mol. The molecule has 0 aromatic carbocycles. The highest BCUT2D eigenvalue weighted by Crippen LogP contribution is 2.11. The molecular formula is C17H35NO2. The molecule has 0 rings (SSSR count). The van der Waals surface area contributed by atoms with Crippen LogP contribution in [-0.2, 0) is 9.53 Å². The number of unbranched alkanes of at least 4 members (excludes halogenated alkanes) is 7. The number of ether oxygens (including phenoxy) is 1. The van der Waals surface area contributed by atoms with Crippen molar-refractivity contribution >= 4 is 5.97 Å². The normalized spacial score (nSPS) is 14.0. The third kappa shape index (κ3) is 9.35. The van der Waals surface area contributed by atoms with Gasteiger partial charge in [-0.3, -0.25) is 4.79 Å². The highest BCUT2D eigenvalue weighted by Gasteiger charge is 2.23.